The second kappa shape index (κ2) is 19.7. The quantitative estimate of drug-likeness (QED) is 0.0572. The van der Waals surface area contributed by atoms with Crippen molar-refractivity contribution in [1.82, 2.24) is 0 Å². The molecule has 0 spiro atoms. The van der Waals surface area contributed by atoms with Gasteiger partial charge in [0.1, 0.15) is 11.4 Å². The van der Waals surface area contributed by atoms with Crippen LogP contribution in [0, 0.1) is 45.3 Å². The molecule has 0 aromatic heterocycles. The Bertz CT molecular complexity index is 2920. The molecule has 11 nitrogen and oxygen atoms in total. The maximum Gasteiger partial charge on any atom is 0.161 e. The zero-order valence-electron chi connectivity index (χ0n) is 39.9. The van der Waals surface area contributed by atoms with E-state index in [1.165, 1.54) is 0 Å². The van der Waals surface area contributed by atoms with E-state index >= 15 is 0 Å². The zero-order chi connectivity index (χ0) is 49.6. The molecule has 2 saturated carbocycles. The molecule has 0 unspecified atom stereocenters. The van der Waals surface area contributed by atoms with Gasteiger partial charge in [0.05, 0.1) is 43.0 Å². The third-order valence-electron chi connectivity index (χ3n) is 16.7. The summed E-state index contributed by atoms with van der Waals surface area (Å²) in [6, 6.07) is 14.5. The normalized spacial score (nSPS) is 32.0. The van der Waals surface area contributed by atoms with Gasteiger partial charge in [0.15, 0.2) is 17.3 Å². The number of aliphatic hydroxyl groups is 3. The molecule has 7 atom stereocenters. The number of fused-ring (bicyclic) bond motifs is 7. The van der Waals surface area contributed by atoms with Crippen LogP contribution in [0.25, 0.3) is 0 Å². The Kier molecular flexibility index (Phi) is 13.7. The van der Waals surface area contributed by atoms with E-state index in [1.54, 1.807) is 70.3 Å². The van der Waals surface area contributed by atoms with E-state index in [4.69, 9.17) is 16.2 Å². The summed E-state index contributed by atoms with van der Waals surface area (Å²) in [5.41, 5.74) is 16.1. The third kappa shape index (κ3) is 9.64. The molecule has 370 valence electrons. The molecule has 7 aliphatic rings. The maximum atomic E-state index is 14.3. The van der Waals surface area contributed by atoms with Crippen LogP contribution in [-0.4, -0.2) is 67.7 Å². The van der Waals surface area contributed by atoms with Gasteiger partial charge in [-0.3, -0.25) is 9.79 Å². The molecular formula is C58H62N3O8S2-. The van der Waals surface area contributed by atoms with Gasteiger partial charge < -0.3 is 46.8 Å². The fourth-order valence-electron chi connectivity index (χ4n) is 12.8. The highest BCUT2D eigenvalue weighted by molar-refractivity contribution is 8.76. The average molecular weight is 993 g/mol. The highest BCUT2D eigenvalue weighted by Gasteiger charge is 2.60. The first-order chi connectivity index (χ1) is 34.2. The Labute approximate surface area is 424 Å². The van der Waals surface area contributed by atoms with Crippen molar-refractivity contribution in [3.63, 3.8) is 0 Å². The molecular weight excluding hydrogens is 931 g/mol. The summed E-state index contributed by atoms with van der Waals surface area (Å²) in [7, 11) is 3.31. The number of carbonyl (C=O) groups is 1. The van der Waals surface area contributed by atoms with Gasteiger partial charge in [-0.15, -0.1) is 11.7 Å². The van der Waals surface area contributed by atoms with Gasteiger partial charge in [-0.2, -0.15) is 0 Å². The van der Waals surface area contributed by atoms with Gasteiger partial charge in [0.25, 0.3) is 0 Å². The summed E-state index contributed by atoms with van der Waals surface area (Å²) < 4.78 is 6.18. The summed E-state index contributed by atoms with van der Waals surface area (Å²) in [4.78, 5) is 18.3. The molecule has 71 heavy (non-hydrogen) atoms. The number of hydrogen-bond acceptors (Lipinski definition) is 13. The van der Waals surface area contributed by atoms with E-state index in [-0.39, 0.29) is 60.9 Å². The Morgan fingerprint density at radius 3 is 2.56 bits per heavy atom. The molecule has 3 aromatic carbocycles. The molecule has 13 heteroatoms. The lowest BCUT2D eigenvalue weighted by molar-refractivity contribution is -0.307. The van der Waals surface area contributed by atoms with Crippen molar-refractivity contribution in [1.29, 1.82) is 0 Å². The van der Waals surface area contributed by atoms with Crippen LogP contribution in [0.15, 0.2) is 101 Å². The highest BCUT2D eigenvalue weighted by atomic mass is 33.1. The van der Waals surface area contributed by atoms with E-state index in [0.717, 1.165) is 47.9 Å². The Morgan fingerprint density at radius 2 is 1.73 bits per heavy atom. The van der Waals surface area contributed by atoms with E-state index < -0.39 is 40.0 Å². The number of ether oxygens (including phenoxy) is 1. The number of nitrogens with two attached hydrogens (primary N) is 2. The lowest BCUT2D eigenvalue weighted by Crippen LogP contribution is -2.49. The molecule has 0 saturated heterocycles. The average Bonchev–Trinajstić information content (AvgIpc) is 4.05. The SMILES string of the molecule is NC(N)c1cc2c3cc1CSSC[C@]14CC#C[C@@]56C=C[C@](O)(CO)C[C@@]5(CCC6)CC[C@](/C=C/C(=O)CCc5ccc(O)c(c5)OCCc5ccc(O)c(c5)[C@H]3CC([O-])=C3C=CN=C3CC#C2)(C[C@@H]1O)C4. The number of hydrogen-bond donors (Lipinski definition) is 7. The molecule has 0 radical (unpaired) electrons. The minimum Gasteiger partial charge on any atom is -0.875 e. The van der Waals surface area contributed by atoms with Crippen LogP contribution in [0.3, 0.4) is 0 Å². The van der Waals surface area contributed by atoms with Crippen molar-refractivity contribution in [2.45, 2.75) is 119 Å². The van der Waals surface area contributed by atoms with Crippen molar-refractivity contribution in [3.8, 4) is 40.9 Å². The maximum absolute atomic E-state index is 14.3. The third-order valence-corrected chi connectivity index (χ3v) is 19.2. The number of aryl methyl sites for hydroxylation is 1. The number of carbonyl (C=O) groups excluding carboxylic acids is 1. The Balaban J connectivity index is 1.06. The highest BCUT2D eigenvalue weighted by Crippen LogP contribution is 2.66. The molecule has 5 aliphatic carbocycles. The fraction of sp³-hybridized carbons (Fsp3) is 0.448. The van der Waals surface area contributed by atoms with E-state index in [1.807, 2.05) is 24.3 Å². The van der Waals surface area contributed by atoms with Crippen LogP contribution >= 0.6 is 21.6 Å². The first-order valence-electron chi connectivity index (χ1n) is 24.9. The Hall–Kier alpha value is -5.22. The number of allylic oxidation sites excluding steroid dienone is 6. The van der Waals surface area contributed by atoms with Crippen LogP contribution in [0.2, 0.25) is 0 Å². The summed E-state index contributed by atoms with van der Waals surface area (Å²) in [5, 5.41) is 71.1. The molecule has 2 fully saturated rings. The largest absolute Gasteiger partial charge is 0.875 e. The number of benzene rings is 3. The predicted molar refractivity (Wildman–Crippen MR) is 277 cm³/mol. The fourth-order valence-corrected chi connectivity index (χ4v) is 15.5. The number of rotatable bonds is 2. The second-order valence-corrected chi connectivity index (χ2v) is 23.7. The summed E-state index contributed by atoms with van der Waals surface area (Å²) in [5.74, 6) is 14.6. The number of nitrogens with zero attached hydrogens (tertiary/aromatic N) is 1. The van der Waals surface area contributed by atoms with Crippen molar-refractivity contribution < 1.29 is 40.2 Å². The molecule has 8 bridgehead atoms. The van der Waals surface area contributed by atoms with E-state index in [9.17, 15) is 35.4 Å². The summed E-state index contributed by atoms with van der Waals surface area (Å²) >= 11 is 0. The molecule has 9 N–H and O–H groups in total. The van der Waals surface area contributed by atoms with Crippen molar-refractivity contribution in [2.75, 3.05) is 19.0 Å². The predicted octanol–water partition coefficient (Wildman–Crippen LogP) is 7.60. The molecule has 3 aromatic rings. The molecule has 0 amide bonds. The second-order valence-electron chi connectivity index (χ2n) is 21.2. The summed E-state index contributed by atoms with van der Waals surface area (Å²) in [6.45, 7) is -0.170. The number of phenolic OH excluding ortho intramolecular Hbond substituents is 2. The van der Waals surface area contributed by atoms with Crippen LogP contribution in [0.5, 0.6) is 17.2 Å². The lowest BCUT2D eigenvalue weighted by atomic mass is 9.54. The minimum atomic E-state index is -1.34. The minimum absolute atomic E-state index is 0.0220. The topological polar surface area (TPSA) is 215 Å². The van der Waals surface area contributed by atoms with Gasteiger partial charge in [0, 0.05) is 59.4 Å². The van der Waals surface area contributed by atoms with Crippen molar-refractivity contribution in [2.24, 2.45) is 38.1 Å². The first-order valence-corrected chi connectivity index (χ1v) is 27.4. The van der Waals surface area contributed by atoms with Gasteiger partial charge in [-0.1, -0.05) is 88.3 Å². The molecule has 2 aliphatic heterocycles. The number of aliphatic imine (C=N–C) groups is 1. The summed E-state index contributed by atoms with van der Waals surface area (Å²) in [6.07, 6.45) is 16.8. The lowest BCUT2D eigenvalue weighted by Gasteiger charge is -2.50. The monoisotopic (exact) mass is 992 g/mol. The van der Waals surface area contributed by atoms with E-state index in [0.29, 0.717) is 90.2 Å². The van der Waals surface area contributed by atoms with Crippen LogP contribution in [0.1, 0.15) is 128 Å². The Morgan fingerprint density at radius 1 is 0.901 bits per heavy atom. The molecule has 10 rings (SSSR count). The number of aromatic hydroxyl groups is 2. The van der Waals surface area contributed by atoms with Gasteiger partial charge in [0.2, 0.25) is 0 Å². The standard InChI is InChI=1S/C58H63N3O8S2/c59-53(60)44-28-39-4-1-5-47-42(13-24-61-47)50(66)30-45-43(39)29-40(44)32-70-71-36-55-15-2-16-56-17-3-18-57(56,34-58(68,35-62)23-22-56)21-20-54(33-55,31-52(55)67)19-12-41(63)9-6-37-8-11-49(65)51(27-37)69-25-14-38-7-10-48(64)46(45)26-38/h7-8,10-13,19,22-24,26-29,45,52-53,62,64-68H,3,5-6,9,14-15,17-18,20-21,25,30-36,59-60H2/p-1/b19-12+,50-42?/t45-,52-,54+,55+,56+,57+,58+/m0/s1. The van der Waals surface area contributed by atoms with Gasteiger partial charge in [-0.05, 0) is 138 Å². The zero-order valence-corrected chi connectivity index (χ0v) is 41.6. The smallest absolute Gasteiger partial charge is 0.161 e. The van der Waals surface area contributed by atoms with Gasteiger partial charge >= 0.3 is 0 Å². The van der Waals surface area contributed by atoms with Crippen molar-refractivity contribution >= 4 is 33.1 Å². The number of aliphatic hydroxyl groups excluding tert-OH is 2. The number of ketones is 1. The number of phenols is 2. The van der Waals surface area contributed by atoms with Crippen molar-refractivity contribution in [3.05, 3.63) is 135 Å². The van der Waals surface area contributed by atoms with Crippen LogP contribution < -0.4 is 21.3 Å². The van der Waals surface area contributed by atoms with E-state index in [2.05, 4.69) is 40.8 Å². The first kappa shape index (κ1) is 49.4. The van der Waals surface area contributed by atoms with Gasteiger partial charge in [-0.25, -0.2) is 0 Å². The molecule has 2 heterocycles. The van der Waals surface area contributed by atoms with Crippen LogP contribution in [0.4, 0.5) is 0 Å². The van der Waals surface area contributed by atoms with Crippen LogP contribution in [-0.2, 0) is 23.4 Å².